The Morgan fingerprint density at radius 2 is 1.45 bits per heavy atom. The van der Waals surface area contributed by atoms with E-state index in [4.69, 9.17) is 14.2 Å². The van der Waals surface area contributed by atoms with Gasteiger partial charge in [-0.1, -0.05) is 57.5 Å². The molecule has 6 heteroatoms. The summed E-state index contributed by atoms with van der Waals surface area (Å²) in [6, 6.07) is 12.2. The third-order valence-corrected chi connectivity index (χ3v) is 8.47. The highest BCUT2D eigenvalue weighted by molar-refractivity contribution is 14.1. The Hall–Kier alpha value is -2.61. The van der Waals surface area contributed by atoms with Crippen LogP contribution in [0.5, 0.6) is 11.5 Å². The van der Waals surface area contributed by atoms with Gasteiger partial charge in [0.2, 0.25) is 0 Å². The molecule has 0 saturated carbocycles. The normalized spacial score (nSPS) is 20.6. The largest absolute Gasteiger partial charge is 0.493 e. The highest BCUT2D eigenvalue weighted by Gasteiger charge is 2.48. The molecule has 0 N–H and O–H groups in total. The molecule has 5 nitrogen and oxygen atoms in total. The Morgan fingerprint density at radius 1 is 0.895 bits per heavy atom. The molecule has 5 rings (SSSR count). The van der Waals surface area contributed by atoms with Gasteiger partial charge in [-0.3, -0.25) is 9.59 Å². The van der Waals surface area contributed by atoms with Crippen molar-refractivity contribution in [3.63, 3.8) is 0 Å². The van der Waals surface area contributed by atoms with Crippen molar-refractivity contribution in [2.24, 2.45) is 10.8 Å². The molecule has 0 saturated heterocycles. The number of aryl methyl sites for hydroxylation is 1. The number of ether oxygens (including phenoxy) is 3. The zero-order chi connectivity index (χ0) is 27.4. The molecule has 2 aliphatic carbocycles. The molecule has 0 aromatic heterocycles. The predicted octanol–water partition coefficient (Wildman–Crippen LogP) is 7.59. The van der Waals surface area contributed by atoms with Gasteiger partial charge in [0.25, 0.3) is 0 Å². The summed E-state index contributed by atoms with van der Waals surface area (Å²) < 4.78 is 19.3. The minimum absolute atomic E-state index is 0.0547. The van der Waals surface area contributed by atoms with Crippen molar-refractivity contribution in [1.29, 1.82) is 0 Å². The Balaban J connectivity index is 1.59. The molecular weight excluding hydrogens is 591 g/mol. The van der Waals surface area contributed by atoms with Crippen LogP contribution < -0.4 is 9.47 Å². The fourth-order valence-electron chi connectivity index (χ4n) is 5.89. The van der Waals surface area contributed by atoms with Crippen molar-refractivity contribution in [2.45, 2.75) is 72.8 Å². The third-order valence-electron chi connectivity index (χ3n) is 7.67. The lowest BCUT2D eigenvalue weighted by atomic mass is 9.65. The molecule has 3 aliphatic rings. The minimum Gasteiger partial charge on any atom is -0.493 e. The van der Waals surface area contributed by atoms with Gasteiger partial charge in [-0.25, -0.2) is 0 Å². The first-order valence-electron chi connectivity index (χ1n) is 13.1. The molecule has 0 fully saturated rings. The third kappa shape index (κ3) is 5.16. The van der Waals surface area contributed by atoms with Crippen LogP contribution in [-0.2, 0) is 20.9 Å². The molecule has 0 unspecified atom stereocenters. The quantitative estimate of drug-likeness (QED) is 0.320. The lowest BCUT2D eigenvalue weighted by Gasteiger charge is -2.42. The summed E-state index contributed by atoms with van der Waals surface area (Å²) >= 11 is 2.26. The topological polar surface area (TPSA) is 61.8 Å². The van der Waals surface area contributed by atoms with Gasteiger partial charge >= 0.3 is 0 Å². The summed E-state index contributed by atoms with van der Waals surface area (Å²) in [6.07, 6.45) is 2.20. The lowest BCUT2D eigenvalue weighted by molar-refractivity contribution is -0.120. The summed E-state index contributed by atoms with van der Waals surface area (Å²) in [5, 5.41) is 0. The molecular formula is C32H35IO5. The van der Waals surface area contributed by atoms with E-state index in [-0.39, 0.29) is 22.4 Å². The average Bonchev–Trinajstić information content (AvgIpc) is 2.81. The van der Waals surface area contributed by atoms with E-state index in [0.717, 1.165) is 14.7 Å². The van der Waals surface area contributed by atoms with Crippen LogP contribution in [0.2, 0.25) is 0 Å². The molecule has 0 atom stereocenters. The number of hydrogen-bond acceptors (Lipinski definition) is 5. The SMILES string of the molecule is COc1cc(C2C3=C(CC(C)(C)CC3=O)OC3=C2C(=O)CC(C)(C)C3)cc(I)c1OCc1ccc(C)cc1. The highest BCUT2D eigenvalue weighted by Crippen LogP contribution is 2.54. The fraction of sp³-hybridized carbons (Fsp3) is 0.438. The van der Waals surface area contributed by atoms with Crippen LogP contribution in [0, 0.1) is 21.3 Å². The molecule has 0 radical (unpaired) electrons. The van der Waals surface area contributed by atoms with Gasteiger partial charge in [-0.15, -0.1) is 0 Å². The number of allylic oxidation sites excluding steroid dienone is 4. The van der Waals surface area contributed by atoms with Crippen LogP contribution in [0.4, 0.5) is 0 Å². The minimum atomic E-state index is -0.463. The molecule has 0 spiro atoms. The van der Waals surface area contributed by atoms with Crippen LogP contribution >= 0.6 is 22.6 Å². The van der Waals surface area contributed by atoms with E-state index in [1.807, 2.05) is 12.1 Å². The number of benzene rings is 2. The van der Waals surface area contributed by atoms with Crippen LogP contribution in [0.25, 0.3) is 0 Å². The van der Waals surface area contributed by atoms with Gasteiger partial charge in [0.1, 0.15) is 18.1 Å². The maximum Gasteiger partial charge on any atom is 0.174 e. The average molecular weight is 627 g/mol. The molecule has 2 aromatic rings. The first-order chi connectivity index (χ1) is 17.9. The van der Waals surface area contributed by atoms with Crippen molar-refractivity contribution in [3.8, 4) is 11.5 Å². The maximum atomic E-state index is 13.6. The van der Waals surface area contributed by atoms with E-state index in [0.29, 0.717) is 66.5 Å². The Bertz CT molecular complexity index is 1330. The highest BCUT2D eigenvalue weighted by atomic mass is 127. The number of halogens is 1. The second-order valence-corrected chi connectivity index (χ2v) is 13.6. The summed E-state index contributed by atoms with van der Waals surface area (Å²) in [6.45, 7) is 10.9. The van der Waals surface area contributed by atoms with Crippen molar-refractivity contribution in [2.75, 3.05) is 7.11 Å². The first-order valence-corrected chi connectivity index (χ1v) is 14.2. The van der Waals surface area contributed by atoms with Crippen molar-refractivity contribution >= 4 is 34.2 Å². The second-order valence-electron chi connectivity index (χ2n) is 12.4. The predicted molar refractivity (Wildman–Crippen MR) is 155 cm³/mol. The molecule has 1 aliphatic heterocycles. The van der Waals surface area contributed by atoms with Crippen LogP contribution in [-0.4, -0.2) is 18.7 Å². The number of carbonyl (C=O) groups excluding carboxylic acids is 2. The van der Waals surface area contributed by atoms with Crippen molar-refractivity contribution < 1.29 is 23.8 Å². The lowest BCUT2D eigenvalue weighted by Crippen LogP contribution is -2.37. The van der Waals surface area contributed by atoms with Gasteiger partial charge in [-0.05, 0) is 63.6 Å². The van der Waals surface area contributed by atoms with Crippen molar-refractivity contribution in [3.05, 3.63) is 79.3 Å². The van der Waals surface area contributed by atoms with Gasteiger partial charge in [0.15, 0.2) is 23.1 Å². The molecule has 0 bridgehead atoms. The Morgan fingerprint density at radius 3 is 1.97 bits per heavy atom. The monoisotopic (exact) mass is 626 g/mol. The van der Waals surface area contributed by atoms with E-state index >= 15 is 0 Å². The summed E-state index contributed by atoms with van der Waals surface area (Å²) in [4.78, 5) is 27.2. The second kappa shape index (κ2) is 9.85. The fourth-order valence-corrected chi connectivity index (χ4v) is 6.68. The molecule has 2 aromatic carbocycles. The molecule has 200 valence electrons. The number of methoxy groups -OCH3 is 1. The van der Waals surface area contributed by atoms with E-state index in [9.17, 15) is 9.59 Å². The zero-order valence-corrected chi connectivity index (χ0v) is 25.2. The maximum absolute atomic E-state index is 13.6. The van der Waals surface area contributed by atoms with Crippen LogP contribution in [0.15, 0.2) is 59.1 Å². The van der Waals surface area contributed by atoms with E-state index in [2.05, 4.69) is 81.5 Å². The van der Waals surface area contributed by atoms with Crippen molar-refractivity contribution in [1.82, 2.24) is 0 Å². The number of rotatable bonds is 5. The van der Waals surface area contributed by atoms with E-state index < -0.39 is 5.92 Å². The summed E-state index contributed by atoms with van der Waals surface area (Å²) in [5.41, 5.74) is 4.00. The smallest absolute Gasteiger partial charge is 0.174 e. The molecule has 0 amide bonds. The zero-order valence-electron chi connectivity index (χ0n) is 23.0. The molecule has 1 heterocycles. The van der Waals surface area contributed by atoms with Gasteiger partial charge in [-0.2, -0.15) is 0 Å². The number of carbonyl (C=O) groups is 2. The Labute approximate surface area is 238 Å². The number of Topliss-reactive ketones (excluding diaryl/α,β-unsaturated/α-hetero) is 2. The summed E-state index contributed by atoms with van der Waals surface area (Å²) in [5.74, 6) is 2.32. The van der Waals surface area contributed by atoms with E-state index in [1.165, 1.54) is 5.56 Å². The Kier molecular flexibility index (Phi) is 6.99. The van der Waals surface area contributed by atoms with Gasteiger partial charge in [0, 0.05) is 42.7 Å². The standard InChI is InChI=1S/C32H35IO5/c1-18-7-9-19(10-8-18)17-37-30-21(33)11-20(12-24(30)36-6)27-28-22(34)13-31(2,3)15-25(28)38-26-16-32(4,5)14-23(35)29(26)27/h7-12,27H,13-17H2,1-6H3. The molecule has 38 heavy (non-hydrogen) atoms. The van der Waals surface area contributed by atoms with E-state index in [1.54, 1.807) is 7.11 Å². The number of ketones is 2. The van der Waals surface area contributed by atoms with Crippen LogP contribution in [0.1, 0.15) is 76.0 Å². The number of hydrogen-bond donors (Lipinski definition) is 0. The van der Waals surface area contributed by atoms with Gasteiger partial charge in [0.05, 0.1) is 10.7 Å². The van der Waals surface area contributed by atoms with Crippen LogP contribution in [0.3, 0.4) is 0 Å². The van der Waals surface area contributed by atoms with Gasteiger partial charge < -0.3 is 14.2 Å². The first kappa shape index (κ1) is 27.0. The summed E-state index contributed by atoms with van der Waals surface area (Å²) in [7, 11) is 1.62.